The summed E-state index contributed by atoms with van der Waals surface area (Å²) in [5.41, 5.74) is 4.61. The molecule has 34 heavy (non-hydrogen) atoms. The molecule has 0 unspecified atom stereocenters. The zero-order chi connectivity index (χ0) is 23.6. The molecule has 0 amide bonds. The van der Waals surface area contributed by atoms with Gasteiger partial charge in [-0.2, -0.15) is 0 Å². The summed E-state index contributed by atoms with van der Waals surface area (Å²) in [5, 5.41) is 14.1. The van der Waals surface area contributed by atoms with E-state index >= 15 is 0 Å². The topological polar surface area (TPSA) is 74.2 Å². The fourth-order valence-electron chi connectivity index (χ4n) is 3.97. The molecule has 2 aromatic carbocycles. The predicted octanol–water partition coefficient (Wildman–Crippen LogP) is 1.81. The first-order chi connectivity index (χ1) is 15.9. The van der Waals surface area contributed by atoms with Crippen LogP contribution in [0.1, 0.15) is 72.5 Å². The molecule has 0 aliphatic rings. The van der Waals surface area contributed by atoms with Crippen molar-refractivity contribution in [2.45, 2.75) is 58.4 Å². The van der Waals surface area contributed by atoms with E-state index in [0.717, 1.165) is 37.1 Å². The smallest absolute Gasteiger partial charge is 0.550 e. The van der Waals surface area contributed by atoms with Gasteiger partial charge in [0, 0.05) is 48.3 Å². The molecule has 174 valence electrons. The molecule has 0 spiro atoms. The van der Waals surface area contributed by atoms with Gasteiger partial charge in [-0.3, -0.25) is 4.79 Å². The minimum atomic E-state index is -1.05. The number of anilines is 1. The number of unbranched alkanes of at least 4 members (excludes halogenated alkanes) is 1. The van der Waals surface area contributed by atoms with Gasteiger partial charge in [-0.25, -0.2) is 0 Å². The molecule has 0 bridgehead atoms. The molecular weight excluding hydrogens is 435 g/mol. The number of aliphatic carboxylic acids is 1. The Bertz CT molecular complexity index is 1060. The van der Waals surface area contributed by atoms with Gasteiger partial charge in [-0.1, -0.05) is 56.3 Å². The van der Waals surface area contributed by atoms with Crippen molar-refractivity contribution in [2.75, 3.05) is 11.9 Å². The number of carbonyl (C=O) groups excluding carboxylic acids is 2. The van der Waals surface area contributed by atoms with Gasteiger partial charge in [0.05, 0.1) is 0 Å². The first kappa shape index (κ1) is 27.9. The summed E-state index contributed by atoms with van der Waals surface area (Å²) in [6.07, 6.45) is 7.53. The Hall–Kier alpha value is -2.34. The number of benzene rings is 2. The van der Waals surface area contributed by atoms with Gasteiger partial charge in [0.2, 0.25) is 0 Å². The molecule has 0 aliphatic carbocycles. The van der Waals surface area contributed by atoms with Crippen molar-refractivity contribution in [3.05, 3.63) is 89.2 Å². The third-order valence-electron chi connectivity index (χ3n) is 5.76. The minimum Gasteiger partial charge on any atom is -0.550 e. The number of aryl methyl sites for hydroxylation is 2. The summed E-state index contributed by atoms with van der Waals surface area (Å²) >= 11 is 0. The third kappa shape index (κ3) is 8.46. The number of nitrogens with zero attached hydrogens (tertiary/aromatic N) is 1. The van der Waals surface area contributed by atoms with Gasteiger partial charge in [-0.15, -0.1) is 0 Å². The predicted molar refractivity (Wildman–Crippen MR) is 131 cm³/mol. The van der Waals surface area contributed by atoms with Crippen molar-refractivity contribution in [2.24, 2.45) is 0 Å². The molecule has 5 nitrogen and oxygen atoms in total. The Morgan fingerprint density at radius 1 is 0.971 bits per heavy atom. The Morgan fingerprint density at radius 3 is 2.44 bits per heavy atom. The molecule has 6 heteroatoms. The van der Waals surface area contributed by atoms with Gasteiger partial charge < -0.3 is 19.8 Å². The summed E-state index contributed by atoms with van der Waals surface area (Å²) < 4.78 is 1.92. The normalized spacial score (nSPS) is 10.7. The van der Waals surface area contributed by atoms with E-state index in [2.05, 4.69) is 43.4 Å². The third-order valence-corrected chi connectivity index (χ3v) is 5.76. The van der Waals surface area contributed by atoms with Crippen LogP contribution in [0.25, 0.3) is 0 Å². The van der Waals surface area contributed by atoms with Gasteiger partial charge in [0.1, 0.15) is 0 Å². The van der Waals surface area contributed by atoms with Crippen molar-refractivity contribution in [1.82, 2.24) is 4.57 Å². The summed E-state index contributed by atoms with van der Waals surface area (Å²) in [5.74, 6) is -0.866. The Balaban J connectivity index is 0.00000408. The second-order valence-corrected chi connectivity index (χ2v) is 8.77. The summed E-state index contributed by atoms with van der Waals surface area (Å²) in [6, 6.07) is 18.2. The zero-order valence-electron chi connectivity index (χ0n) is 20.5. The van der Waals surface area contributed by atoms with E-state index in [1.165, 1.54) is 5.56 Å². The zero-order valence-corrected chi connectivity index (χ0v) is 22.5. The van der Waals surface area contributed by atoms with Crippen LogP contribution >= 0.6 is 0 Å². The largest absolute Gasteiger partial charge is 1.00 e. The molecule has 0 saturated heterocycles. The van der Waals surface area contributed by atoms with Crippen molar-refractivity contribution < 1.29 is 44.3 Å². The number of aromatic nitrogens is 1. The van der Waals surface area contributed by atoms with Gasteiger partial charge in [-0.05, 0) is 61.3 Å². The van der Waals surface area contributed by atoms with E-state index in [1.54, 1.807) is 0 Å². The molecule has 1 aromatic heterocycles. The standard InChI is InChI=1S/C28H34N2O3.Na/c1-21(2)25-19-30(17-9-15-27(31)32)20-26(25)28(33)23-13-8-14-24(18-23)29-16-7-6-12-22-10-4-3-5-11-22;/h3-5,8,10-11,13-14,18-21,29H,6-7,9,12,15-17H2,1-2H3,(H,31,32);/q;+1/p-1. The average Bonchev–Trinajstić information content (AvgIpc) is 3.23. The molecule has 1 heterocycles. The van der Waals surface area contributed by atoms with Crippen LogP contribution < -0.4 is 40.0 Å². The molecule has 0 atom stereocenters. The van der Waals surface area contributed by atoms with Gasteiger partial charge in [0.15, 0.2) is 5.78 Å². The molecule has 0 radical (unpaired) electrons. The second kappa shape index (κ2) is 14.1. The molecule has 0 saturated carbocycles. The van der Waals surface area contributed by atoms with Crippen molar-refractivity contribution in [3.63, 3.8) is 0 Å². The van der Waals surface area contributed by atoms with Crippen molar-refractivity contribution >= 4 is 17.4 Å². The van der Waals surface area contributed by atoms with E-state index in [4.69, 9.17) is 0 Å². The van der Waals surface area contributed by atoms with E-state index in [0.29, 0.717) is 24.1 Å². The number of hydrogen-bond acceptors (Lipinski definition) is 4. The van der Waals surface area contributed by atoms with E-state index in [-0.39, 0.29) is 47.7 Å². The van der Waals surface area contributed by atoms with E-state index < -0.39 is 5.97 Å². The monoisotopic (exact) mass is 468 g/mol. The second-order valence-electron chi connectivity index (χ2n) is 8.77. The summed E-state index contributed by atoms with van der Waals surface area (Å²) in [7, 11) is 0. The van der Waals surface area contributed by atoms with Gasteiger partial charge in [0.25, 0.3) is 0 Å². The quantitative estimate of drug-likeness (QED) is 0.236. The number of ketones is 1. The van der Waals surface area contributed by atoms with Crippen molar-refractivity contribution in [1.29, 1.82) is 0 Å². The van der Waals surface area contributed by atoms with Crippen LogP contribution in [0, 0.1) is 0 Å². The molecule has 0 fully saturated rings. The van der Waals surface area contributed by atoms with Crippen LogP contribution in [0.3, 0.4) is 0 Å². The molecule has 1 N–H and O–H groups in total. The molecular formula is C28H33N2NaO3. The number of carboxylic acids is 1. The maximum absolute atomic E-state index is 13.3. The van der Waals surface area contributed by atoms with Crippen LogP contribution in [0.2, 0.25) is 0 Å². The fraction of sp³-hybridized carbons (Fsp3) is 0.357. The van der Waals surface area contributed by atoms with E-state index in [9.17, 15) is 14.7 Å². The Kier molecular flexibility index (Phi) is 11.6. The first-order valence-electron chi connectivity index (χ1n) is 11.8. The minimum absolute atomic E-state index is 0. The fourth-order valence-corrected chi connectivity index (χ4v) is 3.97. The van der Waals surface area contributed by atoms with Crippen LogP contribution in [0.5, 0.6) is 0 Å². The average molecular weight is 469 g/mol. The van der Waals surface area contributed by atoms with Gasteiger partial charge >= 0.3 is 29.6 Å². The number of nitrogens with one attached hydrogen (secondary N) is 1. The molecule has 3 rings (SSSR count). The summed E-state index contributed by atoms with van der Waals surface area (Å²) in [4.78, 5) is 24.0. The number of carbonyl (C=O) groups is 2. The van der Waals surface area contributed by atoms with Crippen molar-refractivity contribution in [3.8, 4) is 0 Å². The van der Waals surface area contributed by atoms with E-state index in [1.807, 2.05) is 47.3 Å². The van der Waals surface area contributed by atoms with Crippen LogP contribution in [-0.4, -0.2) is 22.9 Å². The number of hydrogen-bond donors (Lipinski definition) is 1. The summed E-state index contributed by atoms with van der Waals surface area (Å²) in [6.45, 7) is 5.53. The number of rotatable bonds is 13. The molecule has 0 aliphatic heterocycles. The first-order valence-corrected chi connectivity index (χ1v) is 11.8. The van der Waals surface area contributed by atoms with Crippen LogP contribution in [0.4, 0.5) is 5.69 Å². The Morgan fingerprint density at radius 2 is 1.74 bits per heavy atom. The SMILES string of the molecule is CC(C)c1cn(CCCC(=O)[O-])cc1C(=O)c1cccc(NCCCCc2ccccc2)c1.[Na+]. The molecule has 3 aromatic rings. The Labute approximate surface area is 224 Å². The number of carboxylic acid groups (broad SMARTS) is 1. The maximum Gasteiger partial charge on any atom is 1.00 e. The van der Waals surface area contributed by atoms with Crippen LogP contribution in [-0.2, 0) is 17.8 Å². The maximum atomic E-state index is 13.3. The van der Waals surface area contributed by atoms with Crippen LogP contribution in [0.15, 0.2) is 67.0 Å².